The Kier molecular flexibility index (Phi) is 11.1. The SMILES string of the molecule is C=CCOC(=O)NC(Cc1cc(CN(C)C(=O)Cc2ccc(NC(=O)Nc3ccccc3C)c(OC)c2)no1)C(=O)O. The first-order valence-corrected chi connectivity index (χ1v) is 12.9. The first-order valence-electron chi connectivity index (χ1n) is 12.9. The number of aryl methyl sites for hydroxylation is 1. The van der Waals surface area contributed by atoms with Crippen molar-refractivity contribution in [3.63, 3.8) is 0 Å². The molecule has 13 heteroatoms. The molecule has 13 nitrogen and oxygen atoms in total. The summed E-state index contributed by atoms with van der Waals surface area (Å²) in [6.45, 7) is 5.34. The van der Waals surface area contributed by atoms with E-state index >= 15 is 0 Å². The van der Waals surface area contributed by atoms with Crippen molar-refractivity contribution in [2.45, 2.75) is 32.4 Å². The van der Waals surface area contributed by atoms with Crippen LogP contribution in [0.2, 0.25) is 0 Å². The van der Waals surface area contributed by atoms with Crippen LogP contribution in [0.3, 0.4) is 0 Å². The minimum atomic E-state index is -1.30. The molecular formula is C29H33N5O8. The van der Waals surface area contributed by atoms with Crippen molar-refractivity contribution in [3.05, 3.63) is 83.8 Å². The summed E-state index contributed by atoms with van der Waals surface area (Å²) in [4.78, 5) is 50.1. The molecule has 4 amide bonds. The average Bonchev–Trinajstić information content (AvgIpc) is 3.39. The Morgan fingerprint density at radius 1 is 1.12 bits per heavy atom. The summed E-state index contributed by atoms with van der Waals surface area (Å²) in [6, 6.07) is 12.2. The number of urea groups is 1. The molecule has 0 fully saturated rings. The van der Waals surface area contributed by atoms with Crippen LogP contribution in [-0.4, -0.2) is 66.0 Å². The zero-order chi connectivity index (χ0) is 30.6. The lowest BCUT2D eigenvalue weighted by Crippen LogP contribution is -2.42. The molecule has 1 aromatic heterocycles. The van der Waals surface area contributed by atoms with Gasteiger partial charge in [0.1, 0.15) is 29.9 Å². The largest absolute Gasteiger partial charge is 0.495 e. The van der Waals surface area contributed by atoms with E-state index in [4.69, 9.17) is 14.0 Å². The minimum absolute atomic E-state index is 0.0467. The number of carboxylic acids is 1. The van der Waals surface area contributed by atoms with E-state index in [0.29, 0.717) is 28.4 Å². The monoisotopic (exact) mass is 579 g/mol. The lowest BCUT2D eigenvalue weighted by atomic mass is 10.1. The van der Waals surface area contributed by atoms with Crippen LogP contribution in [0.25, 0.3) is 0 Å². The van der Waals surface area contributed by atoms with Gasteiger partial charge in [-0.25, -0.2) is 14.4 Å². The molecule has 1 heterocycles. The number of rotatable bonds is 13. The number of alkyl carbamates (subject to hydrolysis) is 1. The average molecular weight is 580 g/mol. The summed E-state index contributed by atoms with van der Waals surface area (Å²) < 4.78 is 15.4. The van der Waals surface area contributed by atoms with Crippen LogP contribution in [-0.2, 0) is 33.7 Å². The van der Waals surface area contributed by atoms with Crippen molar-refractivity contribution in [2.24, 2.45) is 0 Å². The Morgan fingerprint density at radius 3 is 2.55 bits per heavy atom. The Labute approximate surface area is 242 Å². The van der Waals surface area contributed by atoms with Crippen molar-refractivity contribution in [1.82, 2.24) is 15.4 Å². The highest BCUT2D eigenvalue weighted by Gasteiger charge is 2.24. The third kappa shape index (κ3) is 9.11. The van der Waals surface area contributed by atoms with Gasteiger partial charge in [0.25, 0.3) is 0 Å². The molecule has 0 bridgehead atoms. The van der Waals surface area contributed by atoms with E-state index in [-0.39, 0.29) is 37.7 Å². The number of methoxy groups -OCH3 is 1. The molecule has 0 aliphatic heterocycles. The van der Waals surface area contributed by atoms with E-state index in [1.165, 1.54) is 24.2 Å². The van der Waals surface area contributed by atoms with Gasteiger partial charge in [-0.15, -0.1) is 0 Å². The summed E-state index contributed by atoms with van der Waals surface area (Å²) in [5.41, 5.74) is 3.10. The van der Waals surface area contributed by atoms with Crippen molar-refractivity contribution in [2.75, 3.05) is 31.4 Å². The summed E-state index contributed by atoms with van der Waals surface area (Å²) >= 11 is 0. The topological polar surface area (TPSA) is 172 Å². The summed E-state index contributed by atoms with van der Waals surface area (Å²) in [5, 5.41) is 21.1. The second-order valence-corrected chi connectivity index (χ2v) is 9.27. The molecule has 3 aromatic rings. The number of hydrogen-bond donors (Lipinski definition) is 4. The second kappa shape index (κ2) is 14.9. The van der Waals surface area contributed by atoms with Gasteiger partial charge in [0.15, 0.2) is 0 Å². The van der Waals surface area contributed by atoms with Gasteiger partial charge in [0.05, 0.1) is 25.8 Å². The number of aliphatic carboxylic acids is 1. The molecule has 3 rings (SSSR count). The Morgan fingerprint density at radius 2 is 1.86 bits per heavy atom. The lowest BCUT2D eigenvalue weighted by molar-refractivity contribution is -0.139. The summed E-state index contributed by atoms with van der Waals surface area (Å²) in [7, 11) is 3.06. The van der Waals surface area contributed by atoms with Crippen molar-refractivity contribution >= 4 is 35.4 Å². The smallest absolute Gasteiger partial charge is 0.408 e. The Balaban J connectivity index is 1.56. The zero-order valence-corrected chi connectivity index (χ0v) is 23.5. The molecule has 42 heavy (non-hydrogen) atoms. The van der Waals surface area contributed by atoms with Gasteiger partial charge in [-0.05, 0) is 36.2 Å². The number of benzene rings is 2. The van der Waals surface area contributed by atoms with Gasteiger partial charge >= 0.3 is 18.1 Å². The van der Waals surface area contributed by atoms with Crippen LogP contribution in [0.1, 0.15) is 22.6 Å². The lowest BCUT2D eigenvalue weighted by Gasteiger charge is -2.17. The number of likely N-dealkylation sites (N-methyl/N-ethyl adjacent to an activating group) is 1. The molecule has 1 unspecified atom stereocenters. The number of anilines is 2. The number of amides is 4. The van der Waals surface area contributed by atoms with Gasteiger partial charge in [0, 0.05) is 25.2 Å². The number of aromatic nitrogens is 1. The third-order valence-electron chi connectivity index (χ3n) is 6.02. The van der Waals surface area contributed by atoms with E-state index in [9.17, 15) is 24.3 Å². The number of nitrogens with zero attached hydrogens (tertiary/aromatic N) is 2. The standard InChI is InChI=1S/C29H33N5O8/c1-5-12-41-29(39)32-24(27(36)37)16-21-15-20(33-42-21)17-34(3)26(35)14-19-10-11-23(25(13-19)40-4)31-28(38)30-22-9-7-6-8-18(22)2/h5-11,13,15,24H,1,12,14,16-17H2,2-4H3,(H,32,39)(H,36,37)(H2,30,31,38). The minimum Gasteiger partial charge on any atom is -0.495 e. The molecule has 2 aromatic carbocycles. The fourth-order valence-electron chi connectivity index (χ4n) is 3.82. The Bertz CT molecular complexity index is 1440. The van der Waals surface area contributed by atoms with E-state index in [2.05, 4.69) is 27.7 Å². The van der Waals surface area contributed by atoms with Gasteiger partial charge < -0.3 is 40.0 Å². The van der Waals surface area contributed by atoms with Crippen LogP contribution >= 0.6 is 0 Å². The molecule has 0 aliphatic rings. The maximum Gasteiger partial charge on any atom is 0.408 e. The quantitative estimate of drug-likeness (QED) is 0.220. The zero-order valence-electron chi connectivity index (χ0n) is 23.5. The number of carbonyl (C=O) groups excluding carboxylic acids is 3. The number of ether oxygens (including phenoxy) is 2. The molecule has 0 saturated heterocycles. The highest BCUT2D eigenvalue weighted by Crippen LogP contribution is 2.26. The first-order chi connectivity index (χ1) is 20.1. The summed E-state index contributed by atoms with van der Waals surface area (Å²) in [6.07, 6.45) is 0.323. The van der Waals surface area contributed by atoms with E-state index in [0.717, 1.165) is 5.56 Å². The van der Waals surface area contributed by atoms with Crippen molar-refractivity contribution in [3.8, 4) is 5.75 Å². The predicted octanol–water partition coefficient (Wildman–Crippen LogP) is 3.74. The highest BCUT2D eigenvalue weighted by atomic mass is 16.5. The van der Waals surface area contributed by atoms with Gasteiger partial charge in [-0.3, -0.25) is 4.79 Å². The van der Waals surface area contributed by atoms with Crippen LogP contribution in [0.4, 0.5) is 21.0 Å². The van der Waals surface area contributed by atoms with E-state index in [1.807, 2.05) is 25.1 Å². The maximum atomic E-state index is 12.9. The molecule has 222 valence electrons. The molecule has 1 atom stereocenters. The number of hydrogen-bond acceptors (Lipinski definition) is 8. The molecule has 0 radical (unpaired) electrons. The third-order valence-corrected chi connectivity index (χ3v) is 6.02. The predicted molar refractivity (Wildman–Crippen MR) is 153 cm³/mol. The van der Waals surface area contributed by atoms with Gasteiger partial charge in [-0.2, -0.15) is 0 Å². The van der Waals surface area contributed by atoms with Gasteiger partial charge in [0.2, 0.25) is 5.91 Å². The normalized spacial score (nSPS) is 11.1. The summed E-state index contributed by atoms with van der Waals surface area (Å²) in [5.74, 6) is -0.908. The number of nitrogens with one attached hydrogen (secondary N) is 3. The van der Waals surface area contributed by atoms with E-state index < -0.39 is 24.1 Å². The number of para-hydroxylation sites is 1. The number of carboxylic acid groups (broad SMARTS) is 1. The number of carbonyl (C=O) groups is 4. The van der Waals surface area contributed by atoms with Crippen LogP contribution < -0.4 is 20.7 Å². The van der Waals surface area contributed by atoms with Crippen molar-refractivity contribution in [1.29, 1.82) is 0 Å². The van der Waals surface area contributed by atoms with Crippen LogP contribution in [0.15, 0.2) is 65.7 Å². The molecule has 0 spiro atoms. The fraction of sp³-hybridized carbons (Fsp3) is 0.276. The molecule has 4 N–H and O–H groups in total. The second-order valence-electron chi connectivity index (χ2n) is 9.27. The highest BCUT2D eigenvalue weighted by molar-refractivity contribution is 6.01. The molecular weight excluding hydrogens is 546 g/mol. The van der Waals surface area contributed by atoms with Crippen LogP contribution in [0.5, 0.6) is 5.75 Å². The van der Waals surface area contributed by atoms with Gasteiger partial charge in [-0.1, -0.05) is 42.1 Å². The fourth-order valence-corrected chi connectivity index (χ4v) is 3.82. The molecule has 0 aliphatic carbocycles. The Hall–Kier alpha value is -5.33. The first kappa shape index (κ1) is 31.2. The van der Waals surface area contributed by atoms with Crippen LogP contribution in [0, 0.1) is 6.92 Å². The maximum absolute atomic E-state index is 12.9. The van der Waals surface area contributed by atoms with E-state index in [1.54, 1.807) is 31.3 Å². The molecule has 0 saturated carbocycles. The van der Waals surface area contributed by atoms with Crippen molar-refractivity contribution < 1.29 is 38.3 Å².